The molecule has 1 saturated carbocycles. The molecule has 1 heterocycles. The van der Waals surface area contributed by atoms with Crippen LogP contribution in [0, 0.1) is 0 Å². The summed E-state index contributed by atoms with van der Waals surface area (Å²) in [6.07, 6.45) is 8.81. The molecule has 0 bridgehead atoms. The summed E-state index contributed by atoms with van der Waals surface area (Å²) < 4.78 is 0. The molecule has 0 radical (unpaired) electrons. The second-order valence-corrected chi connectivity index (χ2v) is 6.00. The number of thioether (sulfide) groups is 1. The lowest BCUT2D eigenvalue weighted by molar-refractivity contribution is 0.0958. The van der Waals surface area contributed by atoms with Crippen molar-refractivity contribution in [2.45, 2.75) is 37.0 Å². The van der Waals surface area contributed by atoms with Crippen molar-refractivity contribution < 1.29 is 4.79 Å². The molecule has 0 spiro atoms. The molecule has 1 aromatic heterocycles. The Bertz CT molecular complexity index is 430. The van der Waals surface area contributed by atoms with Crippen LogP contribution in [0.5, 0.6) is 0 Å². The highest BCUT2D eigenvalue weighted by Crippen LogP contribution is 2.28. The highest BCUT2D eigenvalue weighted by molar-refractivity contribution is 7.99. The first-order chi connectivity index (χ1) is 9.22. The van der Waals surface area contributed by atoms with Gasteiger partial charge in [0.2, 0.25) is 0 Å². The van der Waals surface area contributed by atoms with E-state index in [9.17, 15) is 4.79 Å². The molecule has 0 atom stereocenters. The normalized spacial score (nSPS) is 22.8. The van der Waals surface area contributed by atoms with Crippen LogP contribution in [-0.4, -0.2) is 35.5 Å². The molecule has 1 aromatic rings. The molecule has 5 heteroatoms. The minimum absolute atomic E-state index is 0.144. The van der Waals surface area contributed by atoms with Crippen LogP contribution in [0.25, 0.3) is 0 Å². The van der Waals surface area contributed by atoms with Gasteiger partial charge in [0.05, 0.1) is 0 Å². The molecule has 104 valence electrons. The number of aromatic nitrogens is 1. The van der Waals surface area contributed by atoms with Crippen LogP contribution in [0.15, 0.2) is 18.3 Å². The minimum Gasteiger partial charge on any atom is -0.382 e. The van der Waals surface area contributed by atoms with E-state index in [1.807, 2.05) is 23.9 Å². The first-order valence-corrected chi connectivity index (χ1v) is 7.99. The number of carbonyl (C=O) groups is 1. The number of carbonyl (C=O) groups excluding carboxylic acids is 1. The third-order valence-corrected chi connectivity index (χ3v) is 4.74. The predicted octanol–water partition coefficient (Wildman–Crippen LogP) is 2.53. The maximum absolute atomic E-state index is 11.5. The van der Waals surface area contributed by atoms with E-state index in [-0.39, 0.29) is 5.91 Å². The van der Waals surface area contributed by atoms with Gasteiger partial charge < -0.3 is 10.6 Å². The van der Waals surface area contributed by atoms with E-state index < -0.39 is 0 Å². The summed E-state index contributed by atoms with van der Waals surface area (Å²) in [7, 11) is 1.62. The Morgan fingerprint density at radius 2 is 2.11 bits per heavy atom. The average Bonchev–Trinajstić information content (AvgIpc) is 2.47. The fourth-order valence-corrected chi connectivity index (χ4v) is 3.19. The summed E-state index contributed by atoms with van der Waals surface area (Å²) in [5.74, 6) is -0.144. The summed E-state index contributed by atoms with van der Waals surface area (Å²) in [4.78, 5) is 15.6. The van der Waals surface area contributed by atoms with Crippen molar-refractivity contribution >= 4 is 23.4 Å². The quantitative estimate of drug-likeness (QED) is 0.889. The van der Waals surface area contributed by atoms with Gasteiger partial charge in [-0.3, -0.25) is 9.78 Å². The molecule has 0 aromatic carbocycles. The minimum atomic E-state index is -0.144. The zero-order valence-electron chi connectivity index (χ0n) is 11.5. The lowest BCUT2D eigenvalue weighted by Crippen LogP contribution is -2.27. The zero-order chi connectivity index (χ0) is 13.7. The largest absolute Gasteiger partial charge is 0.382 e. The van der Waals surface area contributed by atoms with Gasteiger partial charge >= 0.3 is 0 Å². The third kappa shape index (κ3) is 3.86. The summed E-state index contributed by atoms with van der Waals surface area (Å²) in [5.41, 5.74) is 1.45. The second kappa shape index (κ2) is 6.80. The van der Waals surface area contributed by atoms with Gasteiger partial charge in [-0.15, -0.1) is 0 Å². The SMILES string of the molecule is CNC(=O)c1cc(NC2CCC(SC)CC2)ccn1. The number of pyridine rings is 1. The lowest BCUT2D eigenvalue weighted by Gasteiger charge is -2.28. The van der Waals surface area contributed by atoms with E-state index in [0.717, 1.165) is 10.9 Å². The van der Waals surface area contributed by atoms with Gasteiger partial charge in [0.25, 0.3) is 5.91 Å². The fraction of sp³-hybridized carbons (Fsp3) is 0.571. The van der Waals surface area contributed by atoms with Crippen molar-refractivity contribution in [2.75, 3.05) is 18.6 Å². The Morgan fingerprint density at radius 3 is 2.74 bits per heavy atom. The second-order valence-electron chi connectivity index (χ2n) is 4.86. The third-order valence-electron chi connectivity index (χ3n) is 3.60. The van der Waals surface area contributed by atoms with Crippen LogP contribution in [0.3, 0.4) is 0 Å². The number of nitrogens with zero attached hydrogens (tertiary/aromatic N) is 1. The molecule has 4 nitrogen and oxygen atoms in total. The van der Waals surface area contributed by atoms with Gasteiger partial charge in [-0.05, 0) is 44.1 Å². The summed E-state index contributed by atoms with van der Waals surface area (Å²) in [5, 5.41) is 6.93. The van der Waals surface area contributed by atoms with Crippen molar-refractivity contribution in [1.29, 1.82) is 0 Å². The summed E-state index contributed by atoms with van der Waals surface area (Å²) in [6.45, 7) is 0. The number of anilines is 1. The molecule has 1 aliphatic rings. The van der Waals surface area contributed by atoms with Crippen LogP contribution < -0.4 is 10.6 Å². The van der Waals surface area contributed by atoms with Gasteiger partial charge in [0, 0.05) is 30.2 Å². The van der Waals surface area contributed by atoms with Gasteiger partial charge in [0.15, 0.2) is 0 Å². The molecule has 2 rings (SSSR count). The molecule has 1 fully saturated rings. The molecule has 0 aliphatic heterocycles. The molecule has 1 amide bonds. The van der Waals surface area contributed by atoms with Crippen molar-refractivity contribution in [3.63, 3.8) is 0 Å². The van der Waals surface area contributed by atoms with Gasteiger partial charge in [-0.2, -0.15) is 11.8 Å². The standard InChI is InChI=1S/C14H21N3OS/c1-15-14(18)13-9-11(7-8-16-13)17-10-3-5-12(19-2)6-4-10/h7-10,12H,3-6H2,1-2H3,(H,15,18)(H,16,17). The van der Waals surface area contributed by atoms with Crippen LogP contribution in [0.1, 0.15) is 36.2 Å². The summed E-state index contributed by atoms with van der Waals surface area (Å²) in [6, 6.07) is 4.26. The molecular weight excluding hydrogens is 258 g/mol. The topological polar surface area (TPSA) is 54.0 Å². The van der Waals surface area contributed by atoms with Crippen molar-refractivity contribution in [3.05, 3.63) is 24.0 Å². The number of amides is 1. The Kier molecular flexibility index (Phi) is 5.07. The monoisotopic (exact) mass is 279 g/mol. The molecule has 1 aliphatic carbocycles. The van der Waals surface area contributed by atoms with Gasteiger partial charge in [-0.1, -0.05) is 0 Å². The fourth-order valence-electron chi connectivity index (χ4n) is 2.45. The van der Waals surface area contributed by atoms with Crippen molar-refractivity contribution in [1.82, 2.24) is 10.3 Å². The first-order valence-electron chi connectivity index (χ1n) is 6.70. The van der Waals surface area contributed by atoms with Crippen LogP contribution in [-0.2, 0) is 0 Å². The van der Waals surface area contributed by atoms with E-state index in [1.165, 1.54) is 25.7 Å². The van der Waals surface area contributed by atoms with Crippen LogP contribution >= 0.6 is 11.8 Å². The Morgan fingerprint density at radius 1 is 1.37 bits per heavy atom. The molecule has 0 saturated heterocycles. The zero-order valence-corrected chi connectivity index (χ0v) is 12.3. The highest BCUT2D eigenvalue weighted by atomic mass is 32.2. The van der Waals surface area contributed by atoms with E-state index in [0.29, 0.717) is 11.7 Å². The number of nitrogens with one attached hydrogen (secondary N) is 2. The Balaban J connectivity index is 1.94. The van der Waals surface area contributed by atoms with E-state index in [2.05, 4.69) is 21.9 Å². The average molecular weight is 279 g/mol. The number of rotatable bonds is 4. The molecule has 19 heavy (non-hydrogen) atoms. The molecule has 2 N–H and O–H groups in total. The number of hydrogen-bond acceptors (Lipinski definition) is 4. The lowest BCUT2D eigenvalue weighted by atomic mass is 9.95. The van der Waals surface area contributed by atoms with Crippen molar-refractivity contribution in [2.24, 2.45) is 0 Å². The summed E-state index contributed by atoms with van der Waals surface area (Å²) >= 11 is 1.97. The Labute approximate surface area is 118 Å². The van der Waals surface area contributed by atoms with E-state index >= 15 is 0 Å². The Hall–Kier alpha value is -1.23. The predicted molar refractivity (Wildman–Crippen MR) is 80.8 cm³/mol. The maximum atomic E-state index is 11.5. The van der Waals surface area contributed by atoms with Crippen LogP contribution in [0.4, 0.5) is 5.69 Å². The first kappa shape index (κ1) is 14.2. The van der Waals surface area contributed by atoms with E-state index in [1.54, 1.807) is 13.2 Å². The van der Waals surface area contributed by atoms with Gasteiger partial charge in [-0.25, -0.2) is 0 Å². The van der Waals surface area contributed by atoms with Crippen LogP contribution in [0.2, 0.25) is 0 Å². The smallest absolute Gasteiger partial charge is 0.269 e. The molecular formula is C14H21N3OS. The highest BCUT2D eigenvalue weighted by Gasteiger charge is 2.20. The van der Waals surface area contributed by atoms with Crippen molar-refractivity contribution in [3.8, 4) is 0 Å². The maximum Gasteiger partial charge on any atom is 0.269 e. The van der Waals surface area contributed by atoms with E-state index in [4.69, 9.17) is 0 Å². The molecule has 0 unspecified atom stereocenters. The number of hydrogen-bond donors (Lipinski definition) is 2. The van der Waals surface area contributed by atoms with Gasteiger partial charge in [0.1, 0.15) is 5.69 Å².